The average Bonchev–Trinajstić information content (AvgIpc) is 2.88. The fraction of sp³-hybridized carbons (Fsp3) is 0.0556. The van der Waals surface area contributed by atoms with E-state index < -0.39 is 5.97 Å². The van der Waals surface area contributed by atoms with Crippen LogP contribution in [0.2, 0.25) is 0 Å². The molecule has 2 heterocycles. The summed E-state index contributed by atoms with van der Waals surface area (Å²) in [7, 11) is 0. The third-order valence-electron chi connectivity index (χ3n) is 3.53. The van der Waals surface area contributed by atoms with Gasteiger partial charge in [0.1, 0.15) is 0 Å². The largest absolute Gasteiger partial charge is 0.478 e. The first-order chi connectivity index (χ1) is 11.1. The Balaban J connectivity index is 2.15. The van der Waals surface area contributed by atoms with Crippen LogP contribution in [0, 0.1) is 18.3 Å². The number of nitrogens with zero attached hydrogens (tertiary/aromatic N) is 3. The maximum atomic E-state index is 10.7. The summed E-state index contributed by atoms with van der Waals surface area (Å²) in [5.41, 5.74) is 4.98. The summed E-state index contributed by atoms with van der Waals surface area (Å²) >= 11 is 0. The van der Waals surface area contributed by atoms with E-state index in [1.165, 1.54) is 6.08 Å². The monoisotopic (exact) mass is 303 g/mol. The van der Waals surface area contributed by atoms with Gasteiger partial charge in [0.25, 0.3) is 0 Å². The lowest BCUT2D eigenvalue weighted by Crippen LogP contribution is -1.96. The molecule has 0 bridgehead atoms. The van der Waals surface area contributed by atoms with Gasteiger partial charge in [-0.05, 0) is 55.0 Å². The average molecular weight is 303 g/mol. The number of pyridine rings is 1. The summed E-state index contributed by atoms with van der Waals surface area (Å²) < 4.78 is 2.03. The van der Waals surface area contributed by atoms with Crippen LogP contribution in [0.3, 0.4) is 0 Å². The first-order valence-corrected chi connectivity index (χ1v) is 6.98. The molecule has 1 aromatic carbocycles. The normalized spacial score (nSPS) is 11.0. The Kier molecular flexibility index (Phi) is 3.65. The number of carboxylic acids is 1. The Morgan fingerprint density at radius 3 is 2.70 bits per heavy atom. The number of aryl methyl sites for hydroxylation is 1. The summed E-state index contributed by atoms with van der Waals surface area (Å²) in [6, 6.07) is 13.3. The van der Waals surface area contributed by atoms with E-state index in [2.05, 4.69) is 11.1 Å². The molecule has 5 nitrogen and oxygen atoms in total. The van der Waals surface area contributed by atoms with Crippen LogP contribution in [0.25, 0.3) is 22.8 Å². The number of nitriles is 1. The highest BCUT2D eigenvalue weighted by molar-refractivity contribution is 5.87. The molecule has 3 rings (SSSR count). The third-order valence-corrected chi connectivity index (χ3v) is 3.53. The summed E-state index contributed by atoms with van der Waals surface area (Å²) in [6.45, 7) is 1.98. The summed E-state index contributed by atoms with van der Waals surface area (Å²) in [4.78, 5) is 15.0. The van der Waals surface area contributed by atoms with Gasteiger partial charge < -0.3 is 9.67 Å². The molecule has 0 radical (unpaired) electrons. The molecule has 5 heteroatoms. The van der Waals surface area contributed by atoms with Crippen LogP contribution in [0.1, 0.15) is 16.8 Å². The lowest BCUT2D eigenvalue weighted by molar-refractivity contribution is -0.131. The van der Waals surface area contributed by atoms with Crippen molar-refractivity contribution in [2.75, 3.05) is 0 Å². The number of aromatic nitrogens is 2. The maximum absolute atomic E-state index is 10.7. The highest BCUT2D eigenvalue weighted by atomic mass is 16.4. The van der Waals surface area contributed by atoms with Crippen molar-refractivity contribution in [2.45, 2.75) is 6.92 Å². The third kappa shape index (κ3) is 2.83. The minimum atomic E-state index is -0.997. The predicted molar refractivity (Wildman–Crippen MR) is 87.2 cm³/mol. The lowest BCUT2D eigenvalue weighted by atomic mass is 10.2. The molecule has 0 atom stereocenters. The SMILES string of the molecule is Cc1cc2ncc(C=CC(=O)O)cc2n1-c1ccc(C#N)cc1. The molecule has 23 heavy (non-hydrogen) atoms. The zero-order chi connectivity index (χ0) is 16.4. The molecule has 0 aliphatic rings. The van der Waals surface area contributed by atoms with E-state index in [1.807, 2.05) is 35.8 Å². The maximum Gasteiger partial charge on any atom is 0.328 e. The molecule has 2 aromatic heterocycles. The number of aliphatic carboxylic acids is 1. The van der Waals surface area contributed by atoms with Gasteiger partial charge in [-0.1, -0.05) is 0 Å². The van der Waals surface area contributed by atoms with Crippen molar-refractivity contribution in [3.05, 3.63) is 65.5 Å². The van der Waals surface area contributed by atoms with Crippen molar-refractivity contribution in [2.24, 2.45) is 0 Å². The molecule has 0 saturated heterocycles. The molecule has 0 amide bonds. The second-order valence-corrected chi connectivity index (χ2v) is 5.12. The van der Waals surface area contributed by atoms with E-state index in [1.54, 1.807) is 18.3 Å². The number of hydrogen-bond acceptors (Lipinski definition) is 3. The molecule has 3 aromatic rings. The standard InChI is InChI=1S/C18H13N3O2/c1-12-8-16-17(9-14(11-20-16)4-7-18(22)23)21(12)15-5-2-13(10-19)3-6-15/h2-9,11H,1H3,(H,22,23). The highest BCUT2D eigenvalue weighted by Gasteiger charge is 2.09. The number of carboxylic acid groups (broad SMARTS) is 1. The molecule has 0 saturated carbocycles. The highest BCUT2D eigenvalue weighted by Crippen LogP contribution is 2.24. The van der Waals surface area contributed by atoms with Crippen LogP contribution in [-0.4, -0.2) is 20.6 Å². The molecule has 0 spiro atoms. The van der Waals surface area contributed by atoms with Gasteiger partial charge in [0, 0.05) is 23.7 Å². The van der Waals surface area contributed by atoms with Gasteiger partial charge in [0.05, 0.1) is 22.7 Å². The molecule has 0 aliphatic heterocycles. The van der Waals surface area contributed by atoms with Crippen molar-refractivity contribution in [3.63, 3.8) is 0 Å². The quantitative estimate of drug-likeness (QED) is 0.753. The number of carbonyl (C=O) groups is 1. The van der Waals surface area contributed by atoms with Gasteiger partial charge in [-0.2, -0.15) is 5.26 Å². The van der Waals surface area contributed by atoms with Crippen LogP contribution >= 0.6 is 0 Å². The van der Waals surface area contributed by atoms with Gasteiger partial charge >= 0.3 is 5.97 Å². The lowest BCUT2D eigenvalue weighted by Gasteiger charge is -2.08. The predicted octanol–water partition coefficient (Wildman–Crippen LogP) is 3.30. The second-order valence-electron chi connectivity index (χ2n) is 5.12. The molecular weight excluding hydrogens is 290 g/mol. The van der Waals surface area contributed by atoms with Gasteiger partial charge in [0.2, 0.25) is 0 Å². The van der Waals surface area contributed by atoms with E-state index in [0.717, 1.165) is 28.5 Å². The van der Waals surface area contributed by atoms with E-state index in [4.69, 9.17) is 10.4 Å². The minimum Gasteiger partial charge on any atom is -0.478 e. The zero-order valence-electron chi connectivity index (χ0n) is 12.4. The van der Waals surface area contributed by atoms with Crippen LogP contribution in [0.15, 0.2) is 48.7 Å². The first kappa shape index (κ1) is 14.5. The molecule has 0 unspecified atom stereocenters. The Bertz CT molecular complexity index is 960. The van der Waals surface area contributed by atoms with E-state index >= 15 is 0 Å². The molecular formula is C18H13N3O2. The van der Waals surface area contributed by atoms with Crippen LogP contribution in [0.5, 0.6) is 0 Å². The summed E-state index contributed by atoms with van der Waals surface area (Å²) in [5, 5.41) is 17.6. The molecule has 112 valence electrons. The first-order valence-electron chi connectivity index (χ1n) is 6.98. The smallest absolute Gasteiger partial charge is 0.328 e. The van der Waals surface area contributed by atoms with Crippen LogP contribution < -0.4 is 0 Å². The van der Waals surface area contributed by atoms with Gasteiger partial charge in [-0.3, -0.25) is 4.98 Å². The number of fused-ring (bicyclic) bond motifs is 1. The van der Waals surface area contributed by atoms with Gasteiger partial charge in [-0.15, -0.1) is 0 Å². The van der Waals surface area contributed by atoms with E-state index in [0.29, 0.717) is 11.1 Å². The topological polar surface area (TPSA) is 78.9 Å². The fourth-order valence-corrected chi connectivity index (χ4v) is 2.51. The van der Waals surface area contributed by atoms with E-state index in [9.17, 15) is 4.79 Å². The van der Waals surface area contributed by atoms with Crippen molar-refractivity contribution in [1.29, 1.82) is 5.26 Å². The van der Waals surface area contributed by atoms with Crippen LogP contribution in [0.4, 0.5) is 0 Å². The zero-order valence-corrected chi connectivity index (χ0v) is 12.4. The van der Waals surface area contributed by atoms with Crippen molar-refractivity contribution in [3.8, 4) is 11.8 Å². The van der Waals surface area contributed by atoms with Gasteiger partial charge in [0.15, 0.2) is 0 Å². The van der Waals surface area contributed by atoms with E-state index in [-0.39, 0.29) is 0 Å². The van der Waals surface area contributed by atoms with Crippen molar-refractivity contribution in [1.82, 2.24) is 9.55 Å². The van der Waals surface area contributed by atoms with Crippen LogP contribution in [-0.2, 0) is 4.79 Å². The second kappa shape index (κ2) is 5.78. The molecule has 0 aliphatic carbocycles. The molecule has 0 fully saturated rings. The summed E-state index contributed by atoms with van der Waals surface area (Å²) in [5.74, 6) is -0.997. The Morgan fingerprint density at radius 2 is 2.04 bits per heavy atom. The Labute approximate surface area is 132 Å². The Hall–Kier alpha value is -3.39. The Morgan fingerprint density at radius 1 is 1.30 bits per heavy atom. The van der Waals surface area contributed by atoms with Crippen molar-refractivity contribution < 1.29 is 9.90 Å². The number of benzene rings is 1. The number of hydrogen-bond donors (Lipinski definition) is 1. The fourth-order valence-electron chi connectivity index (χ4n) is 2.51. The van der Waals surface area contributed by atoms with Gasteiger partial charge in [-0.25, -0.2) is 4.79 Å². The molecule has 1 N–H and O–H groups in total. The van der Waals surface area contributed by atoms with Crippen molar-refractivity contribution >= 4 is 23.1 Å². The minimum absolute atomic E-state index is 0.603. The summed E-state index contributed by atoms with van der Waals surface area (Å²) in [6.07, 6.45) is 4.25. The number of rotatable bonds is 3.